The van der Waals surface area contributed by atoms with Crippen LogP contribution in [-0.2, 0) is 19.5 Å². The van der Waals surface area contributed by atoms with E-state index in [0.717, 1.165) is 30.9 Å². The molecule has 1 aliphatic heterocycles. The highest BCUT2D eigenvalue weighted by Crippen LogP contribution is 2.24. The molecule has 1 aromatic heterocycles. The van der Waals surface area contributed by atoms with Gasteiger partial charge in [0.1, 0.15) is 0 Å². The predicted molar refractivity (Wildman–Crippen MR) is 72.1 cm³/mol. The topological polar surface area (TPSA) is 37.8 Å². The highest BCUT2D eigenvalue weighted by atomic mass is 15.0. The lowest BCUT2D eigenvalue weighted by atomic mass is 10.1. The zero-order chi connectivity index (χ0) is 12.5. The van der Waals surface area contributed by atoms with Crippen molar-refractivity contribution in [3.8, 4) is 11.4 Å². The first-order valence-electron chi connectivity index (χ1n) is 6.45. The predicted octanol–water partition coefficient (Wildman–Crippen LogP) is 2.62. The lowest BCUT2D eigenvalue weighted by Gasteiger charge is -2.09. The molecule has 0 unspecified atom stereocenters. The molecule has 1 aliphatic rings. The Morgan fingerprint density at radius 1 is 1.17 bits per heavy atom. The van der Waals surface area contributed by atoms with Crippen LogP contribution in [0.25, 0.3) is 11.4 Å². The Morgan fingerprint density at radius 3 is 2.78 bits per heavy atom. The van der Waals surface area contributed by atoms with E-state index in [9.17, 15) is 0 Å². The van der Waals surface area contributed by atoms with E-state index < -0.39 is 0 Å². The number of nitrogens with one attached hydrogen (secondary N) is 1. The van der Waals surface area contributed by atoms with Gasteiger partial charge in [0.2, 0.25) is 0 Å². The minimum atomic E-state index is 0.865. The molecule has 2 heterocycles. The van der Waals surface area contributed by atoms with Gasteiger partial charge in [-0.25, -0.2) is 9.97 Å². The maximum absolute atomic E-state index is 4.74. The zero-order valence-electron chi connectivity index (χ0n) is 10.8. The lowest BCUT2D eigenvalue weighted by molar-refractivity contribution is 0.755. The number of nitrogens with zero attached hydrogens (tertiary/aromatic N) is 2. The van der Waals surface area contributed by atoms with Crippen molar-refractivity contribution in [2.75, 3.05) is 0 Å². The summed E-state index contributed by atoms with van der Waals surface area (Å²) >= 11 is 0. The molecule has 0 saturated carbocycles. The minimum Gasteiger partial charge on any atom is -0.307 e. The van der Waals surface area contributed by atoms with Crippen molar-refractivity contribution in [1.29, 1.82) is 0 Å². The van der Waals surface area contributed by atoms with Gasteiger partial charge in [-0.1, -0.05) is 31.2 Å². The Hall–Kier alpha value is -1.74. The van der Waals surface area contributed by atoms with E-state index in [1.807, 2.05) is 6.07 Å². The normalized spacial score (nSPS) is 13.7. The van der Waals surface area contributed by atoms with Crippen LogP contribution in [0.5, 0.6) is 0 Å². The number of rotatable bonds is 2. The third-order valence-corrected chi connectivity index (χ3v) is 3.49. The van der Waals surface area contributed by atoms with Gasteiger partial charge in [-0.15, -0.1) is 0 Å². The van der Waals surface area contributed by atoms with Crippen LogP contribution in [0.1, 0.15) is 29.4 Å². The van der Waals surface area contributed by atoms with Crippen LogP contribution in [-0.4, -0.2) is 9.97 Å². The fourth-order valence-electron chi connectivity index (χ4n) is 2.48. The van der Waals surface area contributed by atoms with E-state index in [-0.39, 0.29) is 0 Å². The van der Waals surface area contributed by atoms with Crippen LogP contribution in [0.3, 0.4) is 0 Å². The number of benzene rings is 1. The second-order valence-electron chi connectivity index (χ2n) is 4.69. The monoisotopic (exact) mass is 239 g/mol. The van der Waals surface area contributed by atoms with Crippen molar-refractivity contribution in [3.63, 3.8) is 0 Å². The summed E-state index contributed by atoms with van der Waals surface area (Å²) in [6, 6.07) is 8.30. The summed E-state index contributed by atoms with van der Waals surface area (Å²) in [6.07, 6.45) is 0.964. The number of hydrogen-bond acceptors (Lipinski definition) is 3. The van der Waals surface area contributed by atoms with E-state index in [4.69, 9.17) is 9.97 Å². The summed E-state index contributed by atoms with van der Waals surface area (Å²) in [6.45, 7) is 6.04. The Bertz CT molecular complexity index is 590. The molecular formula is C15H17N3. The van der Waals surface area contributed by atoms with Crippen molar-refractivity contribution < 1.29 is 0 Å². The molecule has 0 amide bonds. The van der Waals surface area contributed by atoms with Crippen LogP contribution < -0.4 is 5.32 Å². The molecule has 0 atom stereocenters. The van der Waals surface area contributed by atoms with E-state index in [2.05, 4.69) is 37.4 Å². The van der Waals surface area contributed by atoms with Crippen LogP contribution in [0.4, 0.5) is 0 Å². The first kappa shape index (κ1) is 11.4. The van der Waals surface area contributed by atoms with Crippen molar-refractivity contribution >= 4 is 0 Å². The standard InChI is InChI=1S/C15H17N3/c1-3-13-12-8-16-9-14(12)18-15(17-13)11-7-5-4-6-10(11)2/h4-7,16H,3,8-9H2,1-2H3. The van der Waals surface area contributed by atoms with Crippen molar-refractivity contribution in [1.82, 2.24) is 15.3 Å². The maximum Gasteiger partial charge on any atom is 0.159 e. The summed E-state index contributed by atoms with van der Waals surface area (Å²) in [5.41, 5.74) is 6.02. The lowest BCUT2D eigenvalue weighted by Crippen LogP contribution is -2.03. The fourth-order valence-corrected chi connectivity index (χ4v) is 2.48. The molecule has 92 valence electrons. The molecule has 0 aliphatic carbocycles. The molecule has 3 nitrogen and oxygen atoms in total. The minimum absolute atomic E-state index is 0.865. The van der Waals surface area contributed by atoms with Crippen LogP contribution in [0.15, 0.2) is 24.3 Å². The third-order valence-electron chi connectivity index (χ3n) is 3.49. The molecule has 2 aromatic rings. The molecule has 3 heteroatoms. The quantitative estimate of drug-likeness (QED) is 0.875. The van der Waals surface area contributed by atoms with Gasteiger partial charge < -0.3 is 5.32 Å². The van der Waals surface area contributed by atoms with Crippen LogP contribution in [0.2, 0.25) is 0 Å². The smallest absolute Gasteiger partial charge is 0.159 e. The second kappa shape index (κ2) is 4.50. The molecule has 0 saturated heterocycles. The average molecular weight is 239 g/mol. The largest absolute Gasteiger partial charge is 0.307 e. The van der Waals surface area contributed by atoms with Gasteiger partial charge in [-0.05, 0) is 18.9 Å². The van der Waals surface area contributed by atoms with Gasteiger partial charge in [0, 0.05) is 29.9 Å². The summed E-state index contributed by atoms with van der Waals surface area (Å²) < 4.78 is 0. The van der Waals surface area contributed by atoms with Crippen LogP contribution in [0, 0.1) is 6.92 Å². The van der Waals surface area contributed by atoms with Gasteiger partial charge in [0.25, 0.3) is 0 Å². The highest BCUT2D eigenvalue weighted by Gasteiger charge is 2.18. The molecule has 0 spiro atoms. The highest BCUT2D eigenvalue weighted by molar-refractivity contribution is 5.60. The van der Waals surface area contributed by atoms with Crippen molar-refractivity contribution in [3.05, 3.63) is 46.8 Å². The summed E-state index contributed by atoms with van der Waals surface area (Å²) in [7, 11) is 0. The Labute approximate surface area is 107 Å². The molecule has 0 radical (unpaired) electrons. The molecular weight excluding hydrogens is 222 g/mol. The third kappa shape index (κ3) is 1.81. The summed E-state index contributed by atoms with van der Waals surface area (Å²) in [4.78, 5) is 9.46. The summed E-state index contributed by atoms with van der Waals surface area (Å²) in [5.74, 6) is 0.868. The Morgan fingerprint density at radius 2 is 2.00 bits per heavy atom. The summed E-state index contributed by atoms with van der Waals surface area (Å²) in [5, 5.41) is 3.35. The first-order valence-corrected chi connectivity index (χ1v) is 6.45. The molecule has 1 N–H and O–H groups in total. The van der Waals surface area contributed by atoms with Crippen LogP contribution >= 0.6 is 0 Å². The van der Waals surface area contributed by atoms with Crippen molar-refractivity contribution in [2.24, 2.45) is 0 Å². The van der Waals surface area contributed by atoms with Crippen molar-refractivity contribution in [2.45, 2.75) is 33.4 Å². The fraction of sp³-hybridized carbons (Fsp3) is 0.333. The second-order valence-corrected chi connectivity index (χ2v) is 4.69. The van der Waals surface area contributed by atoms with Gasteiger partial charge >= 0.3 is 0 Å². The molecule has 0 bridgehead atoms. The molecule has 1 aromatic carbocycles. The van der Waals surface area contributed by atoms with E-state index in [1.165, 1.54) is 22.5 Å². The first-order chi connectivity index (χ1) is 8.79. The SMILES string of the molecule is CCc1nc(-c2ccccc2C)nc2c1CNC2. The number of fused-ring (bicyclic) bond motifs is 1. The molecule has 0 fully saturated rings. The van der Waals surface area contributed by atoms with Gasteiger partial charge in [0.15, 0.2) is 5.82 Å². The number of hydrogen-bond donors (Lipinski definition) is 1. The molecule has 3 rings (SSSR count). The Kier molecular flexibility index (Phi) is 2.84. The van der Waals surface area contributed by atoms with Gasteiger partial charge in [-0.2, -0.15) is 0 Å². The number of aromatic nitrogens is 2. The molecule has 18 heavy (non-hydrogen) atoms. The van der Waals surface area contributed by atoms with E-state index in [1.54, 1.807) is 0 Å². The average Bonchev–Trinajstić information content (AvgIpc) is 2.86. The maximum atomic E-state index is 4.74. The number of aryl methyl sites for hydroxylation is 2. The Balaban J connectivity index is 2.17. The van der Waals surface area contributed by atoms with Gasteiger partial charge in [0.05, 0.1) is 5.69 Å². The van der Waals surface area contributed by atoms with Gasteiger partial charge in [-0.3, -0.25) is 0 Å². The van der Waals surface area contributed by atoms with E-state index in [0.29, 0.717) is 0 Å². The van der Waals surface area contributed by atoms with E-state index >= 15 is 0 Å². The zero-order valence-corrected chi connectivity index (χ0v) is 10.8.